The fraction of sp³-hybridized carbons (Fsp3) is 0.209. The third-order valence-electron chi connectivity index (χ3n) is 16.4. The zero-order valence-corrected chi connectivity index (χ0v) is 54.6. The van der Waals surface area contributed by atoms with Crippen molar-refractivity contribution in [1.82, 2.24) is 0 Å². The Bertz CT molecular complexity index is 5100. The molecule has 4 aromatic heterocycles. The van der Waals surface area contributed by atoms with E-state index in [4.69, 9.17) is 20.6 Å². The molecule has 0 aliphatic heterocycles. The van der Waals surface area contributed by atoms with Crippen molar-refractivity contribution in [2.45, 2.75) is 87.7 Å². The van der Waals surface area contributed by atoms with Crippen LogP contribution in [0.1, 0.15) is 105 Å². The molecule has 12 rings (SSSR count). The molecule has 2 unspecified atom stereocenters. The Balaban J connectivity index is 0.000000167. The quantitative estimate of drug-likeness (QED) is 0.108. The van der Waals surface area contributed by atoms with E-state index in [1.807, 2.05) is 202 Å². The van der Waals surface area contributed by atoms with Crippen molar-refractivity contribution in [3.05, 3.63) is 311 Å². The van der Waals surface area contributed by atoms with Crippen LogP contribution in [0.15, 0.2) is 249 Å². The molecule has 12 aromatic rings. The summed E-state index contributed by atoms with van der Waals surface area (Å²) < 4.78 is 168. The van der Waals surface area contributed by atoms with Gasteiger partial charge in [-0.25, -0.2) is 31.4 Å². The third-order valence-corrected chi connectivity index (χ3v) is 16.4. The smallest absolute Gasteiger partial charge is 0.207 e. The predicted octanol–water partition coefficient (Wildman–Crippen LogP) is 20.2. The highest BCUT2D eigenvalue weighted by Crippen LogP contribution is 2.33. The van der Waals surface area contributed by atoms with Crippen molar-refractivity contribution in [2.24, 2.45) is 34.1 Å². The number of nitrogens with zero attached hydrogens (tertiary/aromatic N) is 4. The first-order valence-electron chi connectivity index (χ1n) is 38.2. The minimum atomic E-state index is -2.76. The van der Waals surface area contributed by atoms with E-state index in [-0.39, 0.29) is 22.3 Å². The van der Waals surface area contributed by atoms with Crippen LogP contribution >= 0.6 is 0 Å². The number of hydrogen-bond acceptors (Lipinski definition) is 0. The van der Waals surface area contributed by atoms with Gasteiger partial charge < -0.3 is 0 Å². The van der Waals surface area contributed by atoms with Crippen LogP contribution in [-0.2, 0) is 40.9 Å². The third kappa shape index (κ3) is 16.8. The molecule has 4 nitrogen and oxygen atoms in total. The van der Waals surface area contributed by atoms with Gasteiger partial charge in [0.25, 0.3) is 0 Å². The summed E-state index contributed by atoms with van der Waals surface area (Å²) in [6.45, 7) is 4.08. The van der Waals surface area contributed by atoms with Crippen LogP contribution in [0.3, 0.4) is 0 Å². The molecule has 7 heteroatoms. The Morgan fingerprint density at radius 1 is 0.376 bits per heavy atom. The molecule has 0 saturated carbocycles. The van der Waals surface area contributed by atoms with Crippen molar-refractivity contribution in [2.75, 3.05) is 0 Å². The molecule has 8 aromatic carbocycles. The van der Waals surface area contributed by atoms with Gasteiger partial charge in [0.05, 0.1) is 0 Å². The van der Waals surface area contributed by atoms with Crippen molar-refractivity contribution >= 4 is 0 Å². The zero-order chi connectivity index (χ0) is 79.4. The van der Waals surface area contributed by atoms with E-state index in [2.05, 4.69) is 48.7 Å². The van der Waals surface area contributed by atoms with Crippen molar-refractivity contribution in [3.63, 3.8) is 0 Å². The fourth-order valence-corrected chi connectivity index (χ4v) is 11.1. The largest absolute Gasteiger partial charge is 0.213 e. The number of halogens is 3. The molecule has 93 heavy (non-hydrogen) atoms. The number of hydrogen-bond donors (Lipinski definition) is 0. The molecule has 0 spiro atoms. The van der Waals surface area contributed by atoms with Gasteiger partial charge >= 0.3 is 0 Å². The normalized spacial score (nSPS) is 15.3. The van der Waals surface area contributed by atoms with E-state index in [1.165, 1.54) is 49.7 Å². The average Bonchev–Trinajstić information content (AvgIpc) is 0.754. The Labute approximate surface area is 572 Å². The van der Waals surface area contributed by atoms with Gasteiger partial charge in [-0.1, -0.05) is 150 Å². The van der Waals surface area contributed by atoms with Crippen LogP contribution in [0.4, 0.5) is 13.2 Å². The lowest BCUT2D eigenvalue weighted by Crippen LogP contribution is -2.30. The van der Waals surface area contributed by atoms with Crippen LogP contribution < -0.4 is 18.3 Å². The molecular formula is C86H89F3N4+4. The Hall–Kier alpha value is -9.85. The second kappa shape index (κ2) is 31.0. The Morgan fingerprint density at radius 2 is 0.742 bits per heavy atom. The maximum Gasteiger partial charge on any atom is 0.213 e. The van der Waals surface area contributed by atoms with E-state index in [9.17, 15) is 13.2 Å². The Morgan fingerprint density at radius 3 is 1.13 bits per heavy atom. The SMILES string of the molecule is [2H]C([2H])(C)c1cc(-c2cc[n+](C)c(-c3ccccc3C)c2)ccc1F.[2H]C([2H])([2H])C([2H])(C)C([2H])([2H])c1cccc(-c2cc[n+](C)c(-c3ccccc3C)c2)c1.[2H]C([2H])([2H])C([2H])(C)c1cc(-c2cc[n+](C)c(-c3ccccc3C)c2)ccc1F.[2H]C([2H])([2H])c1cc(-c2cc[n+](C)c(-c3ccccc3C)c2)ccc1F. The molecule has 0 aliphatic rings. The van der Waals surface area contributed by atoms with Crippen molar-refractivity contribution in [1.29, 1.82) is 0 Å². The average molecular weight is 1250 g/mol. The van der Waals surface area contributed by atoms with E-state index < -0.39 is 62.5 Å². The summed E-state index contributed by atoms with van der Waals surface area (Å²) in [5.74, 6) is -6.22. The molecule has 2 atom stereocenters. The fourth-order valence-electron chi connectivity index (χ4n) is 11.1. The maximum absolute atomic E-state index is 14.4. The monoisotopic (exact) mass is 1250 g/mol. The molecule has 0 amide bonds. The van der Waals surface area contributed by atoms with Crippen LogP contribution in [0.2, 0.25) is 0 Å². The van der Waals surface area contributed by atoms with Crippen LogP contribution in [-0.4, -0.2) is 0 Å². The van der Waals surface area contributed by atoms with E-state index in [0.717, 1.165) is 102 Å². The van der Waals surface area contributed by atoms with Gasteiger partial charge in [0.2, 0.25) is 22.8 Å². The van der Waals surface area contributed by atoms with Crippen molar-refractivity contribution in [3.8, 4) is 89.5 Å². The topological polar surface area (TPSA) is 15.5 Å². The summed E-state index contributed by atoms with van der Waals surface area (Å²) >= 11 is 0. The molecule has 0 radical (unpaired) electrons. The molecule has 0 aliphatic carbocycles. The molecule has 4 heterocycles. The second-order valence-electron chi connectivity index (χ2n) is 23.2. The number of rotatable bonds is 12. The summed E-state index contributed by atoms with van der Waals surface area (Å²) in [5.41, 5.74) is 19.4. The first-order chi connectivity index (χ1) is 50.4. The molecule has 0 N–H and O–H groups in total. The summed E-state index contributed by atoms with van der Waals surface area (Å²) in [6.07, 6.45) is 3.69. The van der Waals surface area contributed by atoms with Crippen molar-refractivity contribution < 1.29 is 52.0 Å². The molecule has 0 fully saturated rings. The number of pyridine rings is 4. The highest BCUT2D eigenvalue weighted by atomic mass is 19.1. The molecule has 0 saturated heterocycles. The lowest BCUT2D eigenvalue weighted by Gasteiger charge is -2.11. The summed E-state index contributed by atoms with van der Waals surface area (Å²) in [6, 6.07) is 68.2. The number of benzene rings is 8. The van der Waals surface area contributed by atoms with Crippen LogP contribution in [0.25, 0.3) is 89.5 Å². The first-order valence-corrected chi connectivity index (χ1v) is 30.7. The van der Waals surface area contributed by atoms with Crippen LogP contribution in [0, 0.1) is 57.9 Å². The van der Waals surface area contributed by atoms with E-state index >= 15 is 0 Å². The molecule has 0 bridgehead atoms. The zero-order valence-electron chi connectivity index (χ0n) is 69.6. The van der Waals surface area contributed by atoms with E-state index in [1.54, 1.807) is 42.5 Å². The van der Waals surface area contributed by atoms with Gasteiger partial charge in [0.1, 0.15) is 45.6 Å². The minimum absolute atomic E-state index is 0.0793. The summed E-state index contributed by atoms with van der Waals surface area (Å²) in [4.78, 5) is 0. The highest BCUT2D eigenvalue weighted by Gasteiger charge is 2.20. The molecule has 470 valence electrons. The Kier molecular flexibility index (Phi) is 16.6. The first kappa shape index (κ1) is 49.8. The van der Waals surface area contributed by atoms with Gasteiger partial charge in [-0.2, -0.15) is 0 Å². The van der Waals surface area contributed by atoms with Gasteiger partial charge in [-0.3, -0.25) is 0 Å². The lowest BCUT2D eigenvalue weighted by atomic mass is 9.96. The summed E-state index contributed by atoms with van der Waals surface area (Å²) in [5, 5.41) is 0. The predicted molar refractivity (Wildman–Crippen MR) is 380 cm³/mol. The van der Waals surface area contributed by atoms with Gasteiger partial charge in [0, 0.05) is 91.3 Å². The minimum Gasteiger partial charge on any atom is -0.207 e. The van der Waals surface area contributed by atoms with Gasteiger partial charge in [-0.15, -0.1) is 0 Å². The highest BCUT2D eigenvalue weighted by molar-refractivity contribution is 5.74. The number of aryl methyl sites for hydroxylation is 10. The van der Waals surface area contributed by atoms with Crippen LogP contribution in [0.5, 0.6) is 0 Å². The van der Waals surface area contributed by atoms with Gasteiger partial charge in [-0.05, 0) is 209 Å². The standard InChI is InChI=1S/C23H26N.C22H23FN.C21H21FN.C20H19FN/c1-17(2)14-19-9-7-10-20(15-19)21-12-13-24(4)23(16-21)22-11-6-5-8-18(22)3;1-15(2)20-13-17(9-10-21(20)23)18-11-12-24(4)22(14-18)19-8-6-5-7-16(19)3;1-4-16-13-17(9-10-20(16)22)18-11-12-23(3)21(14-18)19-8-6-5-7-15(19)2;1-14-6-4-5-7-18(14)20-13-17(10-11-22(20)3)16-8-9-19(21)15(2)12-16/h5-13,15-17H,14H2,1-4H3;5-15H,1-4H3;5-14H,4H2,1-3H3;4-13H,1-3H3/q4*+1/i1D3,14D2,17D;1D3,15D;4D2;2D3. The van der Waals surface area contributed by atoms with E-state index in [0.29, 0.717) is 11.1 Å². The number of aromatic nitrogens is 4. The lowest BCUT2D eigenvalue weighted by molar-refractivity contribution is -0.660. The molecular weight excluding hydrogens is 1150 g/mol. The summed E-state index contributed by atoms with van der Waals surface area (Å²) in [7, 11) is 7.88. The second-order valence-corrected chi connectivity index (χ2v) is 23.2. The van der Waals surface area contributed by atoms with Gasteiger partial charge in [0.15, 0.2) is 24.8 Å². The maximum atomic E-state index is 14.4.